The Morgan fingerprint density at radius 2 is 1.81 bits per heavy atom. The van der Waals surface area contributed by atoms with Crippen LogP contribution in [0, 0.1) is 0 Å². The van der Waals surface area contributed by atoms with Gasteiger partial charge in [0, 0.05) is 24.7 Å². The number of hydrogen-bond donors (Lipinski definition) is 1. The van der Waals surface area contributed by atoms with Crippen LogP contribution in [0.1, 0.15) is 63.9 Å². The first-order valence-electron chi connectivity index (χ1n) is 6.18. The van der Waals surface area contributed by atoms with E-state index in [2.05, 4.69) is 43.0 Å². The van der Waals surface area contributed by atoms with Gasteiger partial charge in [0.25, 0.3) is 0 Å². The van der Waals surface area contributed by atoms with Crippen molar-refractivity contribution in [3.63, 3.8) is 0 Å². The molecular formula is C13H23N3. The summed E-state index contributed by atoms with van der Waals surface area (Å²) >= 11 is 0. The molecule has 1 aromatic heterocycles. The second kappa shape index (κ2) is 5.83. The van der Waals surface area contributed by atoms with Crippen LogP contribution in [0.4, 0.5) is 5.82 Å². The van der Waals surface area contributed by atoms with Crippen LogP contribution in [0.25, 0.3) is 0 Å². The van der Waals surface area contributed by atoms with Crippen LogP contribution in [0.2, 0.25) is 0 Å². The Kier molecular flexibility index (Phi) is 4.71. The molecule has 0 bridgehead atoms. The SMILES string of the molecule is CCC(CC)c1nc(NC)cc(C(C)C)n1. The molecule has 1 N–H and O–H groups in total. The Bertz CT molecular complexity index is 330. The molecule has 0 aliphatic carbocycles. The summed E-state index contributed by atoms with van der Waals surface area (Å²) in [6.45, 7) is 8.72. The lowest BCUT2D eigenvalue weighted by molar-refractivity contribution is 0.595. The van der Waals surface area contributed by atoms with Crippen molar-refractivity contribution < 1.29 is 0 Å². The molecule has 3 nitrogen and oxygen atoms in total. The van der Waals surface area contributed by atoms with E-state index in [1.54, 1.807) is 0 Å². The lowest BCUT2D eigenvalue weighted by Gasteiger charge is -2.15. The van der Waals surface area contributed by atoms with Gasteiger partial charge in [-0.15, -0.1) is 0 Å². The molecule has 1 rings (SSSR count). The molecule has 0 aliphatic rings. The first kappa shape index (κ1) is 12.9. The van der Waals surface area contributed by atoms with Crippen LogP contribution < -0.4 is 5.32 Å². The van der Waals surface area contributed by atoms with E-state index in [9.17, 15) is 0 Å². The molecule has 0 unspecified atom stereocenters. The van der Waals surface area contributed by atoms with Gasteiger partial charge in [-0.25, -0.2) is 9.97 Å². The van der Waals surface area contributed by atoms with Crippen molar-refractivity contribution in [3.05, 3.63) is 17.6 Å². The predicted molar refractivity (Wildman–Crippen MR) is 69.0 cm³/mol. The molecule has 1 aromatic rings. The molecule has 3 heteroatoms. The standard InChI is InChI=1S/C13H23N3/c1-6-10(7-2)13-15-11(9(3)4)8-12(14-5)16-13/h8-10H,6-7H2,1-5H3,(H,14,15,16). The fraction of sp³-hybridized carbons (Fsp3) is 0.692. The largest absolute Gasteiger partial charge is 0.373 e. The Morgan fingerprint density at radius 1 is 1.19 bits per heavy atom. The van der Waals surface area contributed by atoms with E-state index >= 15 is 0 Å². The lowest BCUT2D eigenvalue weighted by Crippen LogP contribution is -2.08. The Labute approximate surface area is 98.7 Å². The average molecular weight is 221 g/mol. The first-order chi connectivity index (χ1) is 7.62. The van der Waals surface area contributed by atoms with E-state index in [0.717, 1.165) is 30.2 Å². The Morgan fingerprint density at radius 3 is 2.25 bits per heavy atom. The minimum Gasteiger partial charge on any atom is -0.373 e. The summed E-state index contributed by atoms with van der Waals surface area (Å²) in [5.41, 5.74) is 1.13. The molecule has 0 saturated carbocycles. The molecule has 90 valence electrons. The highest BCUT2D eigenvalue weighted by Gasteiger charge is 2.13. The van der Waals surface area contributed by atoms with Crippen molar-refractivity contribution in [2.24, 2.45) is 0 Å². The molecule has 0 radical (unpaired) electrons. The number of nitrogens with one attached hydrogen (secondary N) is 1. The van der Waals surface area contributed by atoms with Crippen molar-refractivity contribution in [1.82, 2.24) is 9.97 Å². The van der Waals surface area contributed by atoms with Crippen molar-refractivity contribution in [2.75, 3.05) is 12.4 Å². The fourth-order valence-electron chi connectivity index (χ4n) is 1.75. The molecule has 0 fully saturated rings. The van der Waals surface area contributed by atoms with E-state index in [-0.39, 0.29) is 0 Å². The highest BCUT2D eigenvalue weighted by atomic mass is 15.0. The molecule has 0 amide bonds. The van der Waals surface area contributed by atoms with Crippen LogP contribution >= 0.6 is 0 Å². The smallest absolute Gasteiger partial charge is 0.134 e. The zero-order valence-corrected chi connectivity index (χ0v) is 11.0. The number of hydrogen-bond acceptors (Lipinski definition) is 3. The van der Waals surface area contributed by atoms with E-state index in [4.69, 9.17) is 0 Å². The second-order valence-corrected chi connectivity index (χ2v) is 4.45. The van der Waals surface area contributed by atoms with E-state index in [1.165, 1.54) is 0 Å². The zero-order valence-electron chi connectivity index (χ0n) is 11.0. The van der Waals surface area contributed by atoms with Gasteiger partial charge in [0.1, 0.15) is 11.6 Å². The molecule has 0 aliphatic heterocycles. The summed E-state index contributed by atoms with van der Waals surface area (Å²) < 4.78 is 0. The van der Waals surface area contributed by atoms with Gasteiger partial charge in [-0.2, -0.15) is 0 Å². The number of aromatic nitrogens is 2. The minimum absolute atomic E-state index is 0.447. The highest BCUT2D eigenvalue weighted by Crippen LogP contribution is 2.23. The first-order valence-corrected chi connectivity index (χ1v) is 6.18. The van der Waals surface area contributed by atoms with Gasteiger partial charge in [0.05, 0.1) is 0 Å². The maximum atomic E-state index is 4.67. The Balaban J connectivity index is 3.12. The fourth-order valence-corrected chi connectivity index (χ4v) is 1.75. The summed E-state index contributed by atoms with van der Waals surface area (Å²) in [7, 11) is 1.91. The van der Waals surface area contributed by atoms with Crippen LogP contribution in [0.5, 0.6) is 0 Å². The summed E-state index contributed by atoms with van der Waals surface area (Å²) in [5.74, 6) is 2.84. The predicted octanol–water partition coefficient (Wildman–Crippen LogP) is 3.55. The van der Waals surface area contributed by atoms with Crippen LogP contribution in [-0.2, 0) is 0 Å². The van der Waals surface area contributed by atoms with E-state index < -0.39 is 0 Å². The van der Waals surface area contributed by atoms with Crippen LogP contribution in [0.15, 0.2) is 6.07 Å². The van der Waals surface area contributed by atoms with Gasteiger partial charge in [-0.1, -0.05) is 27.7 Å². The highest BCUT2D eigenvalue weighted by molar-refractivity contribution is 5.36. The molecule has 16 heavy (non-hydrogen) atoms. The van der Waals surface area contributed by atoms with Crippen molar-refractivity contribution in [2.45, 2.75) is 52.4 Å². The van der Waals surface area contributed by atoms with Crippen LogP contribution in [-0.4, -0.2) is 17.0 Å². The minimum atomic E-state index is 0.447. The normalized spacial score (nSPS) is 11.2. The van der Waals surface area contributed by atoms with Crippen molar-refractivity contribution in [1.29, 1.82) is 0 Å². The van der Waals surface area contributed by atoms with Gasteiger partial charge in [-0.3, -0.25) is 0 Å². The monoisotopic (exact) mass is 221 g/mol. The lowest BCUT2D eigenvalue weighted by atomic mass is 10.0. The zero-order chi connectivity index (χ0) is 12.1. The number of rotatable bonds is 5. The molecule has 1 heterocycles. The maximum absolute atomic E-state index is 4.67. The van der Waals surface area contributed by atoms with Gasteiger partial charge in [-0.05, 0) is 18.8 Å². The molecule has 0 saturated heterocycles. The van der Waals surface area contributed by atoms with E-state index in [0.29, 0.717) is 11.8 Å². The van der Waals surface area contributed by atoms with Gasteiger partial charge in [0.2, 0.25) is 0 Å². The molecule has 0 aromatic carbocycles. The third-order valence-electron chi connectivity index (χ3n) is 2.96. The summed E-state index contributed by atoms with van der Waals surface area (Å²) in [4.78, 5) is 9.23. The van der Waals surface area contributed by atoms with Gasteiger partial charge in [0.15, 0.2) is 0 Å². The quantitative estimate of drug-likeness (QED) is 0.826. The van der Waals surface area contributed by atoms with Gasteiger partial charge >= 0.3 is 0 Å². The third kappa shape index (κ3) is 2.94. The molecule has 0 atom stereocenters. The topological polar surface area (TPSA) is 37.8 Å². The summed E-state index contributed by atoms with van der Waals surface area (Å²) in [6, 6.07) is 2.04. The summed E-state index contributed by atoms with van der Waals surface area (Å²) in [5, 5.41) is 3.11. The Hall–Kier alpha value is -1.12. The molecule has 0 spiro atoms. The van der Waals surface area contributed by atoms with E-state index in [1.807, 2.05) is 13.1 Å². The third-order valence-corrected chi connectivity index (χ3v) is 2.96. The molecular weight excluding hydrogens is 198 g/mol. The maximum Gasteiger partial charge on any atom is 0.134 e. The van der Waals surface area contributed by atoms with Crippen LogP contribution in [0.3, 0.4) is 0 Å². The number of nitrogens with zero attached hydrogens (tertiary/aromatic N) is 2. The second-order valence-electron chi connectivity index (χ2n) is 4.45. The van der Waals surface area contributed by atoms with Gasteiger partial charge < -0.3 is 5.32 Å². The average Bonchev–Trinajstić information content (AvgIpc) is 2.30. The van der Waals surface area contributed by atoms with Crippen molar-refractivity contribution >= 4 is 5.82 Å². The number of anilines is 1. The summed E-state index contributed by atoms with van der Waals surface area (Å²) in [6.07, 6.45) is 2.20. The van der Waals surface area contributed by atoms with Crippen molar-refractivity contribution in [3.8, 4) is 0 Å².